The fraction of sp³-hybridized carbons (Fsp3) is 1.00. The highest BCUT2D eigenvalue weighted by Gasteiger charge is 1.92. The summed E-state index contributed by atoms with van der Waals surface area (Å²) in [5.74, 6) is 1.24. The molecule has 0 aromatic heterocycles. The van der Waals surface area contributed by atoms with Crippen LogP contribution in [0.15, 0.2) is 0 Å². The molecule has 0 spiro atoms. The largest absolute Gasteiger partial charge is 0.315 e. The molecule has 0 aromatic carbocycles. The first kappa shape index (κ1) is 10.6. The Morgan fingerprint density at radius 3 is 2.80 bits per heavy atom. The molecule has 62 valence electrons. The summed E-state index contributed by atoms with van der Waals surface area (Å²) in [6.45, 7) is 4.02. The maximum absolute atomic E-state index is 5.72. The first-order valence-corrected chi connectivity index (χ1v) is 5.44. The van der Waals surface area contributed by atoms with Gasteiger partial charge in [0.05, 0.1) is 0 Å². The zero-order chi connectivity index (χ0) is 7.82. The van der Waals surface area contributed by atoms with E-state index >= 15 is 0 Å². The number of nitrogens with one attached hydrogen (secondary N) is 1. The lowest BCUT2D eigenvalue weighted by atomic mass is 10.4. The van der Waals surface area contributed by atoms with Gasteiger partial charge in [0.2, 0.25) is 0 Å². The minimum Gasteiger partial charge on any atom is -0.315 e. The Labute approximate surface area is 72.9 Å². The molecule has 10 heavy (non-hydrogen) atoms. The van der Waals surface area contributed by atoms with Gasteiger partial charge in [0.1, 0.15) is 0 Å². The predicted molar refractivity (Wildman–Crippen MR) is 51.2 cm³/mol. The Morgan fingerprint density at radius 2 is 2.30 bits per heavy atom. The second-order valence-electron chi connectivity index (χ2n) is 2.33. The molecular weight excluding hydrogens is 166 g/mol. The predicted octanol–water partition coefficient (Wildman–Crippen LogP) is 1.96. The molecule has 1 N–H and O–H groups in total. The summed E-state index contributed by atoms with van der Waals surface area (Å²) in [6, 6.07) is 0. The second kappa shape index (κ2) is 7.70. The number of alkyl halides is 1. The van der Waals surface area contributed by atoms with Crippen LogP contribution in [-0.4, -0.2) is 30.5 Å². The summed E-state index contributed by atoms with van der Waals surface area (Å²) < 4.78 is 0. The minimum absolute atomic E-state index is 0.259. The highest BCUT2D eigenvalue weighted by Crippen LogP contribution is 1.94. The van der Waals surface area contributed by atoms with Gasteiger partial charge >= 0.3 is 0 Å². The van der Waals surface area contributed by atoms with E-state index in [1.807, 2.05) is 18.7 Å². The molecular formula is C7H16ClNS. The smallest absolute Gasteiger partial charge is 0.0432 e. The van der Waals surface area contributed by atoms with E-state index in [-0.39, 0.29) is 5.38 Å². The fourth-order valence-corrected chi connectivity index (χ4v) is 1.18. The quantitative estimate of drug-likeness (QED) is 0.497. The van der Waals surface area contributed by atoms with Crippen LogP contribution in [0.1, 0.15) is 13.3 Å². The summed E-state index contributed by atoms with van der Waals surface area (Å²) in [4.78, 5) is 0. The number of hydrogen-bond acceptors (Lipinski definition) is 2. The molecule has 0 aromatic rings. The van der Waals surface area contributed by atoms with Gasteiger partial charge < -0.3 is 5.32 Å². The lowest BCUT2D eigenvalue weighted by Crippen LogP contribution is -2.22. The van der Waals surface area contributed by atoms with Gasteiger partial charge in [0, 0.05) is 11.9 Å². The Hall–Kier alpha value is 0.600. The van der Waals surface area contributed by atoms with Crippen molar-refractivity contribution < 1.29 is 0 Å². The van der Waals surface area contributed by atoms with Crippen molar-refractivity contribution in [1.29, 1.82) is 0 Å². The lowest BCUT2D eigenvalue weighted by Gasteiger charge is -2.04. The van der Waals surface area contributed by atoms with Gasteiger partial charge in [0.25, 0.3) is 0 Å². The molecule has 0 heterocycles. The average Bonchev–Trinajstić information content (AvgIpc) is 1.87. The second-order valence-corrected chi connectivity index (χ2v) is 4.06. The van der Waals surface area contributed by atoms with Crippen LogP contribution in [0.4, 0.5) is 0 Å². The van der Waals surface area contributed by atoms with Gasteiger partial charge in [-0.3, -0.25) is 0 Å². The van der Waals surface area contributed by atoms with Gasteiger partial charge in [-0.05, 0) is 31.9 Å². The highest BCUT2D eigenvalue weighted by atomic mass is 35.5. The maximum Gasteiger partial charge on any atom is 0.0432 e. The van der Waals surface area contributed by atoms with Crippen molar-refractivity contribution >= 4 is 23.4 Å². The van der Waals surface area contributed by atoms with Gasteiger partial charge in [-0.25, -0.2) is 0 Å². The molecule has 0 bridgehead atoms. The normalized spacial score (nSPS) is 13.5. The van der Waals surface area contributed by atoms with E-state index in [0.29, 0.717) is 0 Å². The number of rotatable bonds is 6. The molecule has 1 nitrogen and oxygen atoms in total. The minimum atomic E-state index is 0.259. The molecule has 0 aliphatic rings. The van der Waals surface area contributed by atoms with Crippen LogP contribution in [0.25, 0.3) is 0 Å². The summed E-state index contributed by atoms with van der Waals surface area (Å²) in [6.07, 6.45) is 3.37. The van der Waals surface area contributed by atoms with E-state index in [0.717, 1.165) is 13.1 Å². The van der Waals surface area contributed by atoms with Crippen LogP contribution < -0.4 is 5.32 Å². The van der Waals surface area contributed by atoms with E-state index in [1.54, 1.807) is 0 Å². The number of halogens is 1. The molecule has 1 atom stereocenters. The van der Waals surface area contributed by atoms with Crippen LogP contribution in [0.2, 0.25) is 0 Å². The Bertz CT molecular complexity index is 68.6. The van der Waals surface area contributed by atoms with Crippen LogP contribution in [0, 0.1) is 0 Å². The van der Waals surface area contributed by atoms with Crippen LogP contribution in [0.3, 0.4) is 0 Å². The number of thioether (sulfide) groups is 1. The molecule has 3 heteroatoms. The van der Waals surface area contributed by atoms with Crippen LogP contribution in [0.5, 0.6) is 0 Å². The Balaban J connectivity index is 2.77. The van der Waals surface area contributed by atoms with Crippen LogP contribution in [-0.2, 0) is 0 Å². The van der Waals surface area contributed by atoms with Crippen LogP contribution >= 0.6 is 23.4 Å². The summed E-state index contributed by atoms with van der Waals surface area (Å²) >= 11 is 7.61. The maximum atomic E-state index is 5.72. The van der Waals surface area contributed by atoms with E-state index in [4.69, 9.17) is 11.6 Å². The van der Waals surface area contributed by atoms with Crippen molar-refractivity contribution in [3.05, 3.63) is 0 Å². The van der Waals surface area contributed by atoms with Crippen molar-refractivity contribution in [3.8, 4) is 0 Å². The molecule has 0 saturated heterocycles. The summed E-state index contributed by atoms with van der Waals surface area (Å²) in [7, 11) is 0. The van der Waals surface area contributed by atoms with Gasteiger partial charge in [-0.15, -0.1) is 11.6 Å². The topological polar surface area (TPSA) is 12.0 Å². The Kier molecular flexibility index (Phi) is 8.17. The summed E-state index contributed by atoms with van der Waals surface area (Å²) in [5, 5.41) is 3.53. The molecule has 0 rings (SSSR count). The monoisotopic (exact) mass is 181 g/mol. The zero-order valence-electron chi connectivity index (χ0n) is 6.69. The first-order chi connectivity index (χ1) is 4.77. The van der Waals surface area contributed by atoms with E-state index in [9.17, 15) is 0 Å². The molecule has 0 amide bonds. The van der Waals surface area contributed by atoms with Crippen molar-refractivity contribution in [2.24, 2.45) is 0 Å². The van der Waals surface area contributed by atoms with Gasteiger partial charge in [-0.2, -0.15) is 11.8 Å². The van der Waals surface area contributed by atoms with E-state index in [1.165, 1.54) is 12.2 Å². The van der Waals surface area contributed by atoms with E-state index < -0.39 is 0 Å². The van der Waals surface area contributed by atoms with Crippen molar-refractivity contribution in [1.82, 2.24) is 5.32 Å². The molecule has 0 radical (unpaired) electrons. The standard InChI is InChI=1S/C7H16ClNS/c1-7(8)6-9-4-3-5-10-2/h7,9H,3-6H2,1-2H3. The van der Waals surface area contributed by atoms with E-state index in [2.05, 4.69) is 11.6 Å². The molecule has 0 saturated carbocycles. The third kappa shape index (κ3) is 8.60. The SMILES string of the molecule is CSCCCNCC(C)Cl. The van der Waals surface area contributed by atoms with Crippen molar-refractivity contribution in [3.63, 3.8) is 0 Å². The molecule has 0 aliphatic carbocycles. The van der Waals surface area contributed by atoms with Crippen molar-refractivity contribution in [2.45, 2.75) is 18.7 Å². The zero-order valence-corrected chi connectivity index (χ0v) is 8.26. The number of hydrogen-bond donors (Lipinski definition) is 1. The fourth-order valence-electron chi connectivity index (χ4n) is 0.642. The Morgan fingerprint density at radius 1 is 1.60 bits per heavy atom. The third-order valence-corrected chi connectivity index (χ3v) is 1.98. The molecule has 0 aliphatic heterocycles. The first-order valence-electron chi connectivity index (χ1n) is 3.61. The molecule has 0 fully saturated rings. The van der Waals surface area contributed by atoms with Crippen molar-refractivity contribution in [2.75, 3.05) is 25.1 Å². The highest BCUT2D eigenvalue weighted by molar-refractivity contribution is 7.98. The average molecular weight is 182 g/mol. The lowest BCUT2D eigenvalue weighted by molar-refractivity contribution is 0.669. The van der Waals surface area contributed by atoms with Gasteiger partial charge in [0.15, 0.2) is 0 Å². The third-order valence-electron chi connectivity index (χ3n) is 1.13. The molecule has 1 unspecified atom stereocenters. The summed E-state index contributed by atoms with van der Waals surface area (Å²) in [5.41, 5.74) is 0. The van der Waals surface area contributed by atoms with Gasteiger partial charge in [-0.1, -0.05) is 0 Å².